The summed E-state index contributed by atoms with van der Waals surface area (Å²) in [7, 11) is 0. The van der Waals surface area contributed by atoms with Crippen LogP contribution in [0.15, 0.2) is 23.9 Å². The highest BCUT2D eigenvalue weighted by atomic mass is 16.1. The van der Waals surface area contributed by atoms with E-state index in [2.05, 4.69) is 5.32 Å². The summed E-state index contributed by atoms with van der Waals surface area (Å²) in [5.41, 5.74) is 5.99. The van der Waals surface area contributed by atoms with E-state index in [0.717, 1.165) is 18.5 Å². The fourth-order valence-electron chi connectivity index (χ4n) is 0.918. The Balaban J connectivity index is 2.42. The lowest BCUT2D eigenvalue weighted by Crippen LogP contribution is -2.29. The quantitative estimate of drug-likeness (QED) is 0.597. The van der Waals surface area contributed by atoms with E-state index in [1.165, 1.54) is 0 Å². The first-order valence-electron chi connectivity index (χ1n) is 3.69. The van der Waals surface area contributed by atoms with Crippen molar-refractivity contribution in [1.82, 2.24) is 5.32 Å². The molecule has 3 N–H and O–H groups in total. The van der Waals surface area contributed by atoms with E-state index in [4.69, 9.17) is 5.73 Å². The number of hydrogen-bond donors (Lipinski definition) is 2. The van der Waals surface area contributed by atoms with Crippen molar-refractivity contribution in [1.29, 1.82) is 0 Å². The molecule has 0 spiro atoms. The lowest BCUT2D eigenvalue weighted by molar-refractivity contribution is -0.118. The number of rotatable bonds is 2. The van der Waals surface area contributed by atoms with Crippen LogP contribution in [0.2, 0.25) is 0 Å². The van der Waals surface area contributed by atoms with Crippen molar-refractivity contribution in [2.75, 3.05) is 6.54 Å². The summed E-state index contributed by atoms with van der Waals surface area (Å²) in [6.07, 6.45) is 7.98. The van der Waals surface area contributed by atoms with Crippen molar-refractivity contribution in [2.24, 2.45) is 5.73 Å². The van der Waals surface area contributed by atoms with Crippen LogP contribution in [0.3, 0.4) is 0 Å². The predicted octanol–water partition coefficient (Wildman–Crippen LogP) is 0.295. The van der Waals surface area contributed by atoms with Gasteiger partial charge in [-0.05, 0) is 18.9 Å². The maximum Gasteiger partial charge on any atom is 0.238 e. The average molecular weight is 152 g/mol. The molecule has 1 amide bonds. The Morgan fingerprint density at radius 3 is 3.00 bits per heavy atom. The molecule has 0 aromatic heterocycles. The van der Waals surface area contributed by atoms with Crippen LogP contribution >= 0.6 is 0 Å². The molecule has 1 aliphatic rings. The molecule has 60 valence electrons. The van der Waals surface area contributed by atoms with Crippen LogP contribution in [-0.2, 0) is 4.79 Å². The Hall–Kier alpha value is -1.09. The Kier molecular flexibility index (Phi) is 2.86. The van der Waals surface area contributed by atoms with Crippen molar-refractivity contribution in [2.45, 2.75) is 12.8 Å². The highest BCUT2D eigenvalue weighted by Gasteiger charge is 2.00. The maximum absolute atomic E-state index is 10.8. The molecule has 0 radical (unpaired) electrons. The molecular weight excluding hydrogens is 140 g/mol. The fourth-order valence-corrected chi connectivity index (χ4v) is 0.918. The van der Waals surface area contributed by atoms with Crippen LogP contribution < -0.4 is 11.1 Å². The van der Waals surface area contributed by atoms with Gasteiger partial charge in [-0.1, -0.05) is 12.2 Å². The van der Waals surface area contributed by atoms with E-state index >= 15 is 0 Å². The number of nitrogens with one attached hydrogen (secondary N) is 1. The van der Waals surface area contributed by atoms with E-state index in [1.807, 2.05) is 18.2 Å². The van der Waals surface area contributed by atoms with Crippen LogP contribution in [0, 0.1) is 0 Å². The minimum Gasteiger partial charge on any atom is -0.325 e. The lowest BCUT2D eigenvalue weighted by atomic mass is 10.1. The standard InChI is InChI=1S/C8H12N2O/c9-6-8(11)10-7-4-2-1-3-5-7/h2,4-5H,1,3,6,9H2,(H,10,11). The van der Waals surface area contributed by atoms with Gasteiger partial charge in [0.05, 0.1) is 6.54 Å². The number of amides is 1. The third-order valence-electron chi connectivity index (χ3n) is 1.46. The van der Waals surface area contributed by atoms with Crippen molar-refractivity contribution >= 4 is 5.91 Å². The third-order valence-corrected chi connectivity index (χ3v) is 1.46. The number of nitrogens with two attached hydrogens (primary N) is 1. The molecule has 0 saturated carbocycles. The van der Waals surface area contributed by atoms with Gasteiger partial charge >= 0.3 is 0 Å². The molecule has 3 heteroatoms. The van der Waals surface area contributed by atoms with Crippen LogP contribution in [0.5, 0.6) is 0 Å². The zero-order valence-corrected chi connectivity index (χ0v) is 6.34. The molecule has 11 heavy (non-hydrogen) atoms. The van der Waals surface area contributed by atoms with Gasteiger partial charge in [-0.3, -0.25) is 4.79 Å². The lowest BCUT2D eigenvalue weighted by Gasteiger charge is -2.07. The average Bonchev–Trinajstić information content (AvgIpc) is 2.06. The SMILES string of the molecule is NCC(=O)NC1=CCCC=C1. The summed E-state index contributed by atoms with van der Waals surface area (Å²) in [4.78, 5) is 10.8. The van der Waals surface area contributed by atoms with Crippen LogP contribution in [-0.4, -0.2) is 12.5 Å². The number of carbonyl (C=O) groups excluding carboxylic acids is 1. The second-order valence-electron chi connectivity index (χ2n) is 2.39. The number of hydrogen-bond acceptors (Lipinski definition) is 2. The van der Waals surface area contributed by atoms with Gasteiger partial charge in [0, 0.05) is 5.70 Å². The number of allylic oxidation sites excluding steroid dienone is 3. The molecule has 0 heterocycles. The van der Waals surface area contributed by atoms with E-state index in [-0.39, 0.29) is 12.5 Å². The normalized spacial score (nSPS) is 15.9. The maximum atomic E-state index is 10.8. The van der Waals surface area contributed by atoms with Gasteiger partial charge < -0.3 is 11.1 Å². The van der Waals surface area contributed by atoms with Gasteiger partial charge in [-0.15, -0.1) is 0 Å². The minimum absolute atomic E-state index is 0.0468. The van der Waals surface area contributed by atoms with Gasteiger partial charge in [0.15, 0.2) is 0 Å². The molecule has 1 rings (SSSR count). The predicted molar refractivity (Wildman–Crippen MR) is 43.7 cm³/mol. The molecule has 0 aromatic carbocycles. The van der Waals surface area contributed by atoms with Gasteiger partial charge in [-0.25, -0.2) is 0 Å². The summed E-state index contributed by atoms with van der Waals surface area (Å²) >= 11 is 0. The molecular formula is C8H12N2O. The number of carbonyl (C=O) groups is 1. The highest BCUT2D eigenvalue weighted by molar-refractivity contribution is 5.80. The molecule has 0 atom stereocenters. The molecule has 0 aromatic rings. The summed E-state index contributed by atoms with van der Waals surface area (Å²) in [5, 5.41) is 2.68. The first kappa shape index (κ1) is 8.01. The largest absolute Gasteiger partial charge is 0.325 e. The summed E-state index contributed by atoms with van der Waals surface area (Å²) in [6.45, 7) is 0.0468. The molecule has 3 nitrogen and oxygen atoms in total. The monoisotopic (exact) mass is 152 g/mol. The minimum atomic E-state index is -0.136. The molecule has 0 bridgehead atoms. The van der Waals surface area contributed by atoms with E-state index in [0.29, 0.717) is 0 Å². The first-order valence-corrected chi connectivity index (χ1v) is 3.69. The second-order valence-corrected chi connectivity index (χ2v) is 2.39. The van der Waals surface area contributed by atoms with Crippen molar-refractivity contribution in [3.05, 3.63) is 23.9 Å². The Morgan fingerprint density at radius 2 is 2.45 bits per heavy atom. The van der Waals surface area contributed by atoms with E-state index < -0.39 is 0 Å². The molecule has 0 fully saturated rings. The molecule has 1 aliphatic carbocycles. The fraction of sp³-hybridized carbons (Fsp3) is 0.375. The molecule has 0 saturated heterocycles. The smallest absolute Gasteiger partial charge is 0.238 e. The Morgan fingerprint density at radius 1 is 1.64 bits per heavy atom. The van der Waals surface area contributed by atoms with Gasteiger partial charge in [-0.2, -0.15) is 0 Å². The second kappa shape index (κ2) is 3.93. The zero-order valence-electron chi connectivity index (χ0n) is 6.34. The highest BCUT2D eigenvalue weighted by Crippen LogP contribution is 2.05. The van der Waals surface area contributed by atoms with Crippen LogP contribution in [0.4, 0.5) is 0 Å². The van der Waals surface area contributed by atoms with Gasteiger partial charge in [0.1, 0.15) is 0 Å². The third kappa shape index (κ3) is 2.55. The van der Waals surface area contributed by atoms with Crippen LogP contribution in [0.1, 0.15) is 12.8 Å². The van der Waals surface area contributed by atoms with E-state index in [9.17, 15) is 4.79 Å². The van der Waals surface area contributed by atoms with Gasteiger partial charge in [0.25, 0.3) is 0 Å². The van der Waals surface area contributed by atoms with Gasteiger partial charge in [0.2, 0.25) is 5.91 Å². The Bertz CT molecular complexity index is 206. The summed E-state index contributed by atoms with van der Waals surface area (Å²) < 4.78 is 0. The van der Waals surface area contributed by atoms with E-state index in [1.54, 1.807) is 0 Å². The van der Waals surface area contributed by atoms with Crippen molar-refractivity contribution in [3.8, 4) is 0 Å². The summed E-state index contributed by atoms with van der Waals surface area (Å²) in [6, 6.07) is 0. The van der Waals surface area contributed by atoms with Crippen molar-refractivity contribution in [3.63, 3.8) is 0 Å². The Labute approximate surface area is 66.0 Å². The molecule has 0 unspecified atom stereocenters. The zero-order chi connectivity index (χ0) is 8.10. The summed E-state index contributed by atoms with van der Waals surface area (Å²) in [5.74, 6) is -0.136. The van der Waals surface area contributed by atoms with Crippen molar-refractivity contribution < 1.29 is 4.79 Å². The van der Waals surface area contributed by atoms with Crippen LogP contribution in [0.25, 0.3) is 0 Å². The molecule has 0 aliphatic heterocycles. The topological polar surface area (TPSA) is 55.1 Å². The first-order chi connectivity index (χ1) is 5.33.